The summed E-state index contributed by atoms with van der Waals surface area (Å²) in [6, 6.07) is 6.34. The SMILES string of the molecule is COc1ccc(OC)c(S(=O)(=O)NCCC#N)c1. The van der Waals surface area contributed by atoms with E-state index in [2.05, 4.69) is 4.72 Å². The third kappa shape index (κ3) is 3.35. The Kier molecular flexibility index (Phi) is 4.95. The summed E-state index contributed by atoms with van der Waals surface area (Å²) in [4.78, 5) is -0.0118. The van der Waals surface area contributed by atoms with Crippen molar-refractivity contribution >= 4 is 10.0 Å². The first kappa shape index (κ1) is 14.3. The van der Waals surface area contributed by atoms with Gasteiger partial charge in [-0.2, -0.15) is 5.26 Å². The Morgan fingerprint density at radius 1 is 1.33 bits per heavy atom. The summed E-state index contributed by atoms with van der Waals surface area (Å²) in [5.41, 5.74) is 0. The standard InChI is InChI=1S/C11H14N2O4S/c1-16-9-4-5-10(17-2)11(8-9)18(14,15)13-7-3-6-12/h4-5,8,13H,3,7H2,1-2H3. The Hall–Kier alpha value is -1.78. The fourth-order valence-corrected chi connectivity index (χ4v) is 2.53. The Labute approximate surface area is 106 Å². The van der Waals surface area contributed by atoms with Crippen LogP contribution in [0.15, 0.2) is 23.1 Å². The summed E-state index contributed by atoms with van der Waals surface area (Å²) in [6.45, 7) is 0.0548. The molecule has 0 aliphatic heterocycles. The Morgan fingerprint density at radius 3 is 2.61 bits per heavy atom. The van der Waals surface area contributed by atoms with Crippen molar-refractivity contribution in [1.29, 1.82) is 5.26 Å². The maximum atomic E-state index is 12.0. The van der Waals surface area contributed by atoms with E-state index < -0.39 is 10.0 Å². The van der Waals surface area contributed by atoms with Gasteiger partial charge in [0.15, 0.2) is 0 Å². The highest BCUT2D eigenvalue weighted by Crippen LogP contribution is 2.27. The minimum Gasteiger partial charge on any atom is -0.497 e. The molecule has 0 amide bonds. The normalized spacial score (nSPS) is 10.7. The van der Waals surface area contributed by atoms with E-state index in [1.807, 2.05) is 6.07 Å². The van der Waals surface area contributed by atoms with Gasteiger partial charge in [0.1, 0.15) is 16.4 Å². The van der Waals surface area contributed by atoms with Gasteiger partial charge < -0.3 is 9.47 Å². The van der Waals surface area contributed by atoms with Crippen molar-refractivity contribution in [3.63, 3.8) is 0 Å². The number of hydrogen-bond acceptors (Lipinski definition) is 5. The number of methoxy groups -OCH3 is 2. The second-order valence-corrected chi connectivity index (χ2v) is 5.06. The molecule has 1 rings (SSSR count). The Bertz CT molecular complexity index is 549. The molecule has 0 atom stereocenters. The average Bonchev–Trinajstić information content (AvgIpc) is 2.38. The van der Waals surface area contributed by atoms with E-state index >= 15 is 0 Å². The van der Waals surface area contributed by atoms with Crippen molar-refractivity contribution < 1.29 is 17.9 Å². The van der Waals surface area contributed by atoms with Crippen molar-refractivity contribution in [1.82, 2.24) is 4.72 Å². The lowest BCUT2D eigenvalue weighted by Gasteiger charge is -2.11. The van der Waals surface area contributed by atoms with Crippen LogP contribution in [0.25, 0.3) is 0 Å². The van der Waals surface area contributed by atoms with Crippen molar-refractivity contribution in [2.75, 3.05) is 20.8 Å². The summed E-state index contributed by atoms with van der Waals surface area (Å²) in [5, 5.41) is 8.39. The lowest BCUT2D eigenvalue weighted by molar-refractivity contribution is 0.392. The predicted molar refractivity (Wildman–Crippen MR) is 65.0 cm³/mol. The molecule has 0 saturated carbocycles. The summed E-state index contributed by atoms with van der Waals surface area (Å²) in [5.74, 6) is 0.636. The van der Waals surface area contributed by atoms with Crippen LogP contribution in [0.2, 0.25) is 0 Å². The summed E-state index contributed by atoms with van der Waals surface area (Å²) in [7, 11) is -0.883. The quantitative estimate of drug-likeness (QED) is 0.776. The molecule has 18 heavy (non-hydrogen) atoms. The molecule has 0 bridgehead atoms. The van der Waals surface area contributed by atoms with Gasteiger partial charge in [-0.3, -0.25) is 0 Å². The number of hydrogen-bond donors (Lipinski definition) is 1. The van der Waals surface area contributed by atoms with Gasteiger partial charge in [0, 0.05) is 19.0 Å². The molecular formula is C11H14N2O4S. The molecule has 0 fully saturated rings. The third-order valence-electron chi connectivity index (χ3n) is 2.19. The second-order valence-electron chi connectivity index (χ2n) is 3.32. The highest BCUT2D eigenvalue weighted by molar-refractivity contribution is 7.89. The lowest BCUT2D eigenvalue weighted by Crippen LogP contribution is -2.25. The second kappa shape index (κ2) is 6.23. The molecule has 1 aromatic carbocycles. The smallest absolute Gasteiger partial charge is 0.244 e. The number of ether oxygens (including phenoxy) is 2. The Balaban J connectivity index is 3.09. The first-order valence-corrected chi connectivity index (χ1v) is 6.62. The Morgan fingerprint density at radius 2 is 2.06 bits per heavy atom. The van der Waals surface area contributed by atoms with Crippen molar-refractivity contribution in [2.24, 2.45) is 0 Å². The molecule has 6 nitrogen and oxygen atoms in total. The fraction of sp³-hybridized carbons (Fsp3) is 0.364. The number of sulfonamides is 1. The number of nitriles is 1. The largest absolute Gasteiger partial charge is 0.497 e. The van der Waals surface area contributed by atoms with Crippen LogP contribution in [-0.2, 0) is 10.0 Å². The highest BCUT2D eigenvalue weighted by atomic mass is 32.2. The molecule has 0 saturated heterocycles. The summed E-state index contributed by atoms with van der Waals surface area (Å²) < 4.78 is 36.3. The van der Waals surface area contributed by atoms with E-state index in [-0.39, 0.29) is 23.6 Å². The molecule has 7 heteroatoms. The maximum absolute atomic E-state index is 12.0. The van der Waals surface area contributed by atoms with E-state index in [4.69, 9.17) is 14.7 Å². The van der Waals surface area contributed by atoms with E-state index in [1.54, 1.807) is 6.07 Å². The van der Waals surface area contributed by atoms with Crippen LogP contribution in [0.4, 0.5) is 0 Å². The fourth-order valence-electron chi connectivity index (χ4n) is 1.31. The lowest BCUT2D eigenvalue weighted by atomic mass is 10.3. The van der Waals surface area contributed by atoms with Gasteiger partial charge in [0.05, 0.1) is 20.3 Å². The average molecular weight is 270 g/mol. The van der Waals surface area contributed by atoms with Gasteiger partial charge in [-0.1, -0.05) is 0 Å². The zero-order valence-corrected chi connectivity index (χ0v) is 11.0. The monoisotopic (exact) mass is 270 g/mol. The maximum Gasteiger partial charge on any atom is 0.244 e. The molecule has 98 valence electrons. The molecule has 1 aromatic rings. The van der Waals surface area contributed by atoms with Crippen LogP contribution in [-0.4, -0.2) is 29.2 Å². The molecule has 0 aliphatic carbocycles. The summed E-state index contributed by atoms with van der Waals surface area (Å²) in [6.07, 6.45) is 0.103. The van der Waals surface area contributed by atoms with Gasteiger partial charge in [-0.15, -0.1) is 0 Å². The van der Waals surface area contributed by atoms with Gasteiger partial charge in [-0.05, 0) is 12.1 Å². The zero-order chi connectivity index (χ0) is 13.6. The van der Waals surface area contributed by atoms with Crippen LogP contribution >= 0.6 is 0 Å². The van der Waals surface area contributed by atoms with E-state index in [1.165, 1.54) is 26.4 Å². The summed E-state index contributed by atoms with van der Waals surface area (Å²) >= 11 is 0. The van der Waals surface area contributed by atoms with Gasteiger partial charge in [-0.25, -0.2) is 13.1 Å². The number of benzene rings is 1. The molecule has 0 radical (unpaired) electrons. The predicted octanol–water partition coefficient (Wildman–Crippen LogP) is 0.896. The van der Waals surface area contributed by atoms with Crippen molar-refractivity contribution in [3.05, 3.63) is 18.2 Å². The molecule has 0 heterocycles. The van der Waals surface area contributed by atoms with Crippen LogP contribution in [0.5, 0.6) is 11.5 Å². The van der Waals surface area contributed by atoms with Crippen molar-refractivity contribution in [3.8, 4) is 17.6 Å². The van der Waals surface area contributed by atoms with Gasteiger partial charge in [0.25, 0.3) is 0 Å². The van der Waals surface area contributed by atoms with Crippen LogP contribution in [0.1, 0.15) is 6.42 Å². The number of nitrogens with one attached hydrogen (secondary N) is 1. The molecular weight excluding hydrogens is 256 g/mol. The number of rotatable bonds is 6. The van der Waals surface area contributed by atoms with E-state index in [0.29, 0.717) is 5.75 Å². The van der Waals surface area contributed by atoms with Crippen molar-refractivity contribution in [2.45, 2.75) is 11.3 Å². The first-order valence-electron chi connectivity index (χ1n) is 5.14. The molecule has 0 aromatic heterocycles. The van der Waals surface area contributed by atoms with Crippen LogP contribution < -0.4 is 14.2 Å². The van der Waals surface area contributed by atoms with Gasteiger partial charge in [0.2, 0.25) is 10.0 Å². The minimum atomic E-state index is -3.71. The molecule has 1 N–H and O–H groups in total. The minimum absolute atomic E-state index is 0.0118. The first-order chi connectivity index (χ1) is 8.55. The van der Waals surface area contributed by atoms with Gasteiger partial charge >= 0.3 is 0 Å². The van der Waals surface area contributed by atoms with Crippen LogP contribution in [0.3, 0.4) is 0 Å². The van der Waals surface area contributed by atoms with Crippen LogP contribution in [0, 0.1) is 11.3 Å². The van der Waals surface area contributed by atoms with E-state index in [9.17, 15) is 8.42 Å². The van der Waals surface area contributed by atoms with E-state index in [0.717, 1.165) is 0 Å². The third-order valence-corrected chi connectivity index (χ3v) is 3.67. The zero-order valence-electron chi connectivity index (χ0n) is 10.1. The molecule has 0 aliphatic rings. The highest BCUT2D eigenvalue weighted by Gasteiger charge is 2.19. The number of nitrogens with zero attached hydrogens (tertiary/aromatic N) is 1. The molecule has 0 unspecified atom stereocenters. The topological polar surface area (TPSA) is 88.4 Å². The molecule has 0 spiro atoms.